The second-order valence-corrected chi connectivity index (χ2v) is 18.3. The van der Waals surface area contributed by atoms with E-state index in [-0.39, 0.29) is 17.1 Å². The SMILES string of the molecule is CCCCCCCCCCCCCCOc1ccc(/C=C/C(=O)c2c(O)cc(OCCCCCCCCCCCCCC)cc2OCCCCCCCCCCCCCC)cc1. The van der Waals surface area contributed by atoms with Crippen LogP contribution in [0.2, 0.25) is 0 Å². The molecule has 354 valence electrons. The van der Waals surface area contributed by atoms with E-state index in [1.165, 1.54) is 205 Å². The van der Waals surface area contributed by atoms with Gasteiger partial charge >= 0.3 is 0 Å². The standard InChI is InChI=1S/C57H96O5/c1-4-7-10-13-16-19-22-25-28-31-34-37-46-60-52-43-40-51(41-44-52)42-45-54(58)57-55(59)49-53(61-47-38-35-32-29-26-23-20-17-14-11-8-5-2)50-56(57)62-48-39-36-33-30-27-24-21-18-15-12-9-6-3/h40-45,49-50,59H,4-39,46-48H2,1-3H3/b45-42+. The van der Waals surface area contributed by atoms with E-state index >= 15 is 0 Å². The fourth-order valence-corrected chi connectivity index (χ4v) is 8.34. The lowest BCUT2D eigenvalue weighted by atomic mass is 10.1. The van der Waals surface area contributed by atoms with Crippen LogP contribution in [0.1, 0.15) is 268 Å². The highest BCUT2D eigenvalue weighted by atomic mass is 16.5. The van der Waals surface area contributed by atoms with Gasteiger partial charge in [-0.3, -0.25) is 4.79 Å². The molecule has 2 rings (SSSR count). The highest BCUT2D eigenvalue weighted by molar-refractivity contribution is 6.10. The van der Waals surface area contributed by atoms with Crippen LogP contribution in [0.15, 0.2) is 42.5 Å². The van der Waals surface area contributed by atoms with Crippen molar-refractivity contribution in [3.05, 3.63) is 53.6 Å². The molecular weight excluding hydrogens is 765 g/mol. The molecule has 0 spiro atoms. The number of aromatic hydroxyl groups is 1. The minimum atomic E-state index is -0.285. The van der Waals surface area contributed by atoms with Crippen LogP contribution in [-0.2, 0) is 0 Å². The van der Waals surface area contributed by atoms with Gasteiger partial charge in [0, 0.05) is 12.1 Å². The monoisotopic (exact) mass is 861 g/mol. The van der Waals surface area contributed by atoms with Crippen molar-refractivity contribution < 1.29 is 24.1 Å². The fraction of sp³-hybridized carbons (Fsp3) is 0.737. The van der Waals surface area contributed by atoms with Crippen LogP contribution in [0.25, 0.3) is 6.08 Å². The summed E-state index contributed by atoms with van der Waals surface area (Å²) in [6.45, 7) is 8.64. The molecule has 0 saturated carbocycles. The summed E-state index contributed by atoms with van der Waals surface area (Å²) in [7, 11) is 0. The topological polar surface area (TPSA) is 65.0 Å². The van der Waals surface area contributed by atoms with E-state index in [0.717, 1.165) is 50.0 Å². The maximum Gasteiger partial charge on any atom is 0.193 e. The van der Waals surface area contributed by atoms with Gasteiger partial charge in [-0.1, -0.05) is 251 Å². The van der Waals surface area contributed by atoms with Gasteiger partial charge in [0.05, 0.1) is 19.8 Å². The van der Waals surface area contributed by atoms with Crippen LogP contribution in [0.3, 0.4) is 0 Å². The van der Waals surface area contributed by atoms with E-state index in [2.05, 4.69) is 20.8 Å². The van der Waals surface area contributed by atoms with Crippen LogP contribution < -0.4 is 14.2 Å². The third kappa shape index (κ3) is 30.2. The van der Waals surface area contributed by atoms with E-state index in [4.69, 9.17) is 14.2 Å². The Morgan fingerprint density at radius 3 is 1.11 bits per heavy atom. The number of hydrogen-bond acceptors (Lipinski definition) is 5. The van der Waals surface area contributed by atoms with Gasteiger partial charge < -0.3 is 19.3 Å². The van der Waals surface area contributed by atoms with Crippen LogP contribution in [0, 0.1) is 0 Å². The van der Waals surface area contributed by atoms with Gasteiger partial charge in [-0.25, -0.2) is 0 Å². The molecule has 0 atom stereocenters. The molecule has 0 aliphatic heterocycles. The first-order valence-electron chi connectivity index (χ1n) is 26.7. The summed E-state index contributed by atoms with van der Waals surface area (Å²) in [6.07, 6.45) is 50.1. The smallest absolute Gasteiger partial charge is 0.193 e. The number of phenolic OH excluding ortho intramolecular Hbond substituents is 1. The molecule has 0 unspecified atom stereocenters. The van der Waals surface area contributed by atoms with Gasteiger partial charge in [0.25, 0.3) is 0 Å². The zero-order valence-electron chi connectivity index (χ0n) is 40.8. The Labute approximate surface area is 383 Å². The summed E-state index contributed by atoms with van der Waals surface area (Å²) in [4.78, 5) is 13.6. The summed E-state index contributed by atoms with van der Waals surface area (Å²) < 4.78 is 18.4. The zero-order chi connectivity index (χ0) is 44.4. The Hall–Kier alpha value is -2.95. The number of carbonyl (C=O) groups excluding carboxylic acids is 1. The summed E-state index contributed by atoms with van der Waals surface area (Å²) in [5, 5.41) is 11.2. The maximum absolute atomic E-state index is 13.6. The van der Waals surface area contributed by atoms with Gasteiger partial charge in [0.2, 0.25) is 0 Å². The number of benzene rings is 2. The van der Waals surface area contributed by atoms with Crippen molar-refractivity contribution in [2.24, 2.45) is 0 Å². The number of hydrogen-bond donors (Lipinski definition) is 1. The quantitative estimate of drug-likeness (QED) is 0.0408. The van der Waals surface area contributed by atoms with Gasteiger partial charge in [0.1, 0.15) is 28.6 Å². The van der Waals surface area contributed by atoms with Crippen LogP contribution >= 0.6 is 0 Å². The molecule has 0 bridgehead atoms. The molecule has 0 fully saturated rings. The minimum Gasteiger partial charge on any atom is -0.507 e. The number of allylic oxidation sites excluding steroid dienone is 1. The largest absolute Gasteiger partial charge is 0.507 e. The van der Waals surface area contributed by atoms with Gasteiger partial charge in [-0.15, -0.1) is 0 Å². The lowest BCUT2D eigenvalue weighted by Gasteiger charge is -2.14. The molecular formula is C57H96O5. The first-order valence-corrected chi connectivity index (χ1v) is 26.7. The summed E-state index contributed by atoms with van der Waals surface area (Å²) in [6, 6.07) is 11.2. The molecule has 0 aliphatic carbocycles. The number of ketones is 1. The zero-order valence-corrected chi connectivity index (χ0v) is 40.8. The Kier molecular flexibility index (Phi) is 36.3. The normalized spacial score (nSPS) is 11.5. The van der Waals surface area contributed by atoms with E-state index < -0.39 is 0 Å². The molecule has 62 heavy (non-hydrogen) atoms. The van der Waals surface area contributed by atoms with E-state index in [1.54, 1.807) is 18.2 Å². The van der Waals surface area contributed by atoms with Crippen molar-refractivity contribution in [3.63, 3.8) is 0 Å². The number of unbranched alkanes of at least 4 members (excludes halogenated alkanes) is 33. The average molecular weight is 861 g/mol. The number of phenols is 1. The Balaban J connectivity index is 1.81. The van der Waals surface area contributed by atoms with Crippen LogP contribution in [0.4, 0.5) is 0 Å². The first-order chi connectivity index (χ1) is 30.6. The van der Waals surface area contributed by atoms with Gasteiger partial charge in [0.15, 0.2) is 5.78 Å². The molecule has 2 aromatic rings. The summed E-state index contributed by atoms with van der Waals surface area (Å²) >= 11 is 0. The number of ether oxygens (including phenoxy) is 3. The molecule has 0 radical (unpaired) electrons. The molecule has 5 heteroatoms. The average Bonchev–Trinajstić information content (AvgIpc) is 3.28. The van der Waals surface area contributed by atoms with Crippen molar-refractivity contribution in [1.82, 2.24) is 0 Å². The molecule has 0 aromatic heterocycles. The second-order valence-electron chi connectivity index (χ2n) is 18.3. The predicted molar refractivity (Wildman–Crippen MR) is 268 cm³/mol. The summed E-state index contributed by atoms with van der Waals surface area (Å²) in [5.41, 5.74) is 1.09. The third-order valence-electron chi connectivity index (χ3n) is 12.4. The molecule has 2 aromatic carbocycles. The molecule has 0 saturated heterocycles. The van der Waals surface area contributed by atoms with Gasteiger partial charge in [-0.05, 0) is 43.0 Å². The van der Waals surface area contributed by atoms with Crippen molar-refractivity contribution >= 4 is 11.9 Å². The Bertz CT molecular complexity index is 1330. The molecule has 5 nitrogen and oxygen atoms in total. The van der Waals surface area contributed by atoms with Crippen LogP contribution in [0.5, 0.6) is 23.0 Å². The maximum atomic E-state index is 13.6. The Morgan fingerprint density at radius 1 is 0.419 bits per heavy atom. The highest BCUT2D eigenvalue weighted by Crippen LogP contribution is 2.35. The Morgan fingerprint density at radius 2 is 0.742 bits per heavy atom. The lowest BCUT2D eigenvalue weighted by molar-refractivity contribution is 0.104. The van der Waals surface area contributed by atoms with E-state index in [1.807, 2.05) is 24.3 Å². The highest BCUT2D eigenvalue weighted by Gasteiger charge is 2.18. The van der Waals surface area contributed by atoms with Crippen molar-refractivity contribution in [2.75, 3.05) is 19.8 Å². The van der Waals surface area contributed by atoms with E-state index in [0.29, 0.717) is 24.7 Å². The molecule has 0 aliphatic rings. The fourth-order valence-electron chi connectivity index (χ4n) is 8.34. The van der Waals surface area contributed by atoms with Crippen molar-refractivity contribution in [1.29, 1.82) is 0 Å². The van der Waals surface area contributed by atoms with Crippen molar-refractivity contribution in [2.45, 2.75) is 252 Å². The molecule has 1 N–H and O–H groups in total. The predicted octanol–water partition coefficient (Wildman–Crippen LogP) is 18.5. The van der Waals surface area contributed by atoms with Crippen molar-refractivity contribution in [3.8, 4) is 23.0 Å². The third-order valence-corrected chi connectivity index (χ3v) is 12.4. The lowest BCUT2D eigenvalue weighted by Crippen LogP contribution is -2.06. The number of rotatable bonds is 45. The number of carbonyl (C=O) groups is 1. The summed E-state index contributed by atoms with van der Waals surface area (Å²) in [5.74, 6) is 1.41. The molecule has 0 amide bonds. The first kappa shape index (κ1) is 55.2. The minimum absolute atomic E-state index is 0.0990. The van der Waals surface area contributed by atoms with Gasteiger partial charge in [-0.2, -0.15) is 0 Å². The van der Waals surface area contributed by atoms with Crippen LogP contribution in [-0.4, -0.2) is 30.7 Å². The second kappa shape index (κ2) is 40.8. The van der Waals surface area contributed by atoms with E-state index in [9.17, 15) is 9.90 Å². The molecule has 0 heterocycles.